The third kappa shape index (κ3) is 7.86. The van der Waals surface area contributed by atoms with E-state index in [-0.39, 0.29) is 35.5 Å². The third-order valence-electron chi connectivity index (χ3n) is 12.0. The monoisotopic (exact) mass is 703 g/mol. The zero-order chi connectivity index (χ0) is 35.9. The number of carbonyl (C=O) groups is 5. The molecule has 0 spiro atoms. The molecule has 3 aliphatic carbocycles. The molecule has 6 atom stereocenters. The molecule has 0 aromatic rings. The molecule has 4 N–H and O–H groups in total. The molecule has 2 aliphatic heterocycles. The molecule has 5 rings (SSSR count). The summed E-state index contributed by atoms with van der Waals surface area (Å²) in [6.45, 7) is 13.7. The molecule has 0 radical (unpaired) electrons. The van der Waals surface area contributed by atoms with Crippen LogP contribution in [0.5, 0.6) is 0 Å². The summed E-state index contributed by atoms with van der Waals surface area (Å²) in [6.07, 6.45) is 9.36. The van der Waals surface area contributed by atoms with Crippen molar-refractivity contribution in [1.82, 2.24) is 26.2 Å². The normalized spacial score (nSPS) is 29.4. The first kappa shape index (κ1) is 37.3. The van der Waals surface area contributed by atoms with Crippen LogP contribution in [0.3, 0.4) is 0 Å². The van der Waals surface area contributed by atoms with Gasteiger partial charge in [-0.2, -0.15) is 0 Å². The highest BCUT2D eigenvalue weighted by molar-refractivity contribution is 7.92. The number of likely N-dealkylation sites (tertiary alicyclic amines) is 1. The van der Waals surface area contributed by atoms with Crippen LogP contribution in [0.4, 0.5) is 4.79 Å². The van der Waals surface area contributed by atoms with Crippen molar-refractivity contribution in [2.75, 3.05) is 18.8 Å². The molecular weight excluding hydrogens is 646 g/mol. The van der Waals surface area contributed by atoms with Crippen LogP contribution in [0.15, 0.2) is 12.7 Å². The Bertz CT molecular complexity index is 1440. The van der Waals surface area contributed by atoms with Crippen molar-refractivity contribution in [3.8, 4) is 0 Å². The fraction of sp³-hybridized carbons (Fsp3) is 0.806. The van der Waals surface area contributed by atoms with Gasteiger partial charge in [0.2, 0.25) is 17.6 Å². The maximum absolute atomic E-state index is 14.5. The molecule has 2 saturated heterocycles. The largest absolute Gasteiger partial charge is 0.346 e. The minimum Gasteiger partial charge on any atom is -0.346 e. The van der Waals surface area contributed by atoms with Crippen molar-refractivity contribution in [1.29, 1.82) is 0 Å². The smallest absolute Gasteiger partial charge is 0.315 e. The maximum atomic E-state index is 14.5. The zero-order valence-corrected chi connectivity index (χ0v) is 30.8. The summed E-state index contributed by atoms with van der Waals surface area (Å²) in [6, 6.07) is -3.47. The summed E-state index contributed by atoms with van der Waals surface area (Å²) in [7, 11) is -3.39. The van der Waals surface area contributed by atoms with Gasteiger partial charge in [-0.05, 0) is 60.7 Å². The van der Waals surface area contributed by atoms with E-state index in [4.69, 9.17) is 0 Å². The lowest BCUT2D eigenvalue weighted by Crippen LogP contribution is -2.66. The second-order valence-corrected chi connectivity index (χ2v) is 19.3. The summed E-state index contributed by atoms with van der Waals surface area (Å²) in [5.74, 6) is -2.07. The molecule has 12 nitrogen and oxygen atoms in total. The number of sulfone groups is 1. The quantitative estimate of drug-likeness (QED) is 0.179. The fourth-order valence-corrected chi connectivity index (χ4v) is 11.3. The van der Waals surface area contributed by atoms with Gasteiger partial charge >= 0.3 is 6.03 Å². The number of urea groups is 1. The standard InChI is InChI=1S/C36H57N5O7S/c1-7-18-37-31(44)28(42)24(20-22-14-15-22)38-30(43)27-26-23(35(26,5)6)21-41(27)32(45)29(34(2,3)4)39-33(46)40-36(16-10-8-11-17-36)25-13-9-12-19-49(25,47)48/h7,22-27,29H,1,8-21H2,2-6H3,(H,37,44)(H,38,43)(H2,39,40,46)/t23?,24-,25-,26?,27?,29+/m0/s1. The number of hydrogen-bond donors (Lipinski definition) is 4. The van der Waals surface area contributed by atoms with E-state index < -0.39 is 73.7 Å². The van der Waals surface area contributed by atoms with Gasteiger partial charge in [0.15, 0.2) is 9.84 Å². The summed E-state index contributed by atoms with van der Waals surface area (Å²) in [4.78, 5) is 69.8. The highest BCUT2D eigenvalue weighted by Crippen LogP contribution is 2.65. The van der Waals surface area contributed by atoms with Crippen LogP contribution in [0, 0.1) is 28.6 Å². The first-order valence-electron chi connectivity index (χ1n) is 18.3. The Morgan fingerprint density at radius 1 is 0.959 bits per heavy atom. The fourth-order valence-electron chi connectivity index (χ4n) is 8.89. The summed E-state index contributed by atoms with van der Waals surface area (Å²) in [5, 5.41) is 10.7. The van der Waals surface area contributed by atoms with Gasteiger partial charge in [-0.3, -0.25) is 19.2 Å². The zero-order valence-electron chi connectivity index (χ0n) is 29.9. The van der Waals surface area contributed by atoms with Crippen LogP contribution in [0.25, 0.3) is 0 Å². The molecule has 0 bridgehead atoms. The minimum absolute atomic E-state index is 0.0668. The lowest BCUT2D eigenvalue weighted by atomic mass is 9.77. The van der Waals surface area contributed by atoms with Crippen LogP contribution >= 0.6 is 0 Å². The Morgan fingerprint density at radius 3 is 2.22 bits per heavy atom. The van der Waals surface area contributed by atoms with Gasteiger partial charge in [-0.1, -0.05) is 79.2 Å². The highest BCUT2D eigenvalue weighted by Gasteiger charge is 2.70. The van der Waals surface area contributed by atoms with Crippen molar-refractivity contribution in [3.05, 3.63) is 12.7 Å². The molecule has 5 fully saturated rings. The van der Waals surface area contributed by atoms with Crippen molar-refractivity contribution in [2.24, 2.45) is 28.6 Å². The van der Waals surface area contributed by atoms with E-state index in [9.17, 15) is 32.4 Å². The van der Waals surface area contributed by atoms with Gasteiger partial charge in [-0.15, -0.1) is 6.58 Å². The van der Waals surface area contributed by atoms with Crippen molar-refractivity contribution in [3.63, 3.8) is 0 Å². The average Bonchev–Trinajstić information content (AvgIpc) is 3.88. The van der Waals surface area contributed by atoms with Gasteiger partial charge in [-0.25, -0.2) is 13.2 Å². The number of fused-ring (bicyclic) bond motifs is 1. The Hall–Kier alpha value is -2.96. The second-order valence-electron chi connectivity index (χ2n) is 17.0. The molecule has 5 amide bonds. The molecule has 5 aliphatic rings. The first-order valence-corrected chi connectivity index (χ1v) is 20.0. The molecule has 274 valence electrons. The maximum Gasteiger partial charge on any atom is 0.315 e. The first-order chi connectivity index (χ1) is 22.9. The molecule has 49 heavy (non-hydrogen) atoms. The van der Waals surface area contributed by atoms with Gasteiger partial charge in [0, 0.05) is 13.1 Å². The van der Waals surface area contributed by atoms with E-state index in [2.05, 4.69) is 41.7 Å². The number of Topliss-reactive ketones (excluding diaryl/α,β-unsaturated/α-hetero) is 1. The molecule has 3 unspecified atom stereocenters. The van der Waals surface area contributed by atoms with Gasteiger partial charge in [0.05, 0.1) is 22.6 Å². The summed E-state index contributed by atoms with van der Waals surface area (Å²) in [5.41, 5.74) is -1.84. The number of amides is 5. The number of ketones is 1. The lowest BCUT2D eigenvalue weighted by molar-refractivity contribution is -0.145. The predicted octanol–water partition coefficient (Wildman–Crippen LogP) is 3.01. The number of nitrogens with zero attached hydrogens (tertiary/aromatic N) is 1. The predicted molar refractivity (Wildman–Crippen MR) is 186 cm³/mol. The summed E-state index contributed by atoms with van der Waals surface area (Å²) >= 11 is 0. The Morgan fingerprint density at radius 2 is 1.63 bits per heavy atom. The molecule has 0 aromatic heterocycles. The number of nitrogens with one attached hydrogen (secondary N) is 4. The van der Waals surface area contributed by atoms with Crippen LogP contribution < -0.4 is 21.3 Å². The Labute approximate surface area is 291 Å². The number of carbonyl (C=O) groups excluding carboxylic acids is 5. The molecule has 2 heterocycles. The van der Waals surface area contributed by atoms with Gasteiger partial charge < -0.3 is 26.2 Å². The van der Waals surface area contributed by atoms with E-state index in [0.717, 1.165) is 38.5 Å². The Balaban J connectivity index is 1.35. The molecule has 3 saturated carbocycles. The summed E-state index contributed by atoms with van der Waals surface area (Å²) < 4.78 is 26.5. The van der Waals surface area contributed by atoms with E-state index >= 15 is 0 Å². The average molecular weight is 704 g/mol. The molecular formula is C36H57N5O7S. The van der Waals surface area contributed by atoms with Crippen LogP contribution in [-0.4, -0.2) is 90.6 Å². The van der Waals surface area contributed by atoms with Gasteiger partial charge in [0.1, 0.15) is 12.1 Å². The van der Waals surface area contributed by atoms with Crippen LogP contribution in [-0.2, 0) is 29.0 Å². The minimum atomic E-state index is -3.39. The van der Waals surface area contributed by atoms with Crippen LogP contribution in [0.1, 0.15) is 105 Å². The SMILES string of the molecule is C=CCNC(=O)C(=O)[C@H](CC1CC1)NC(=O)C1C2C(CN1C(=O)[C@@H](NC(=O)NC1([C@@H]3CCCCS3(=O)=O)CCCCC1)C(C)(C)C)C2(C)C. The van der Waals surface area contributed by atoms with Crippen molar-refractivity contribution < 1.29 is 32.4 Å². The van der Waals surface area contributed by atoms with E-state index in [1.165, 1.54) is 6.08 Å². The topological polar surface area (TPSA) is 171 Å². The molecule has 0 aromatic carbocycles. The van der Waals surface area contributed by atoms with E-state index in [1.807, 2.05) is 20.8 Å². The van der Waals surface area contributed by atoms with E-state index in [1.54, 1.807) is 4.90 Å². The number of piperidine rings is 1. The second kappa shape index (κ2) is 14.0. The van der Waals surface area contributed by atoms with Gasteiger partial charge in [0.25, 0.3) is 5.91 Å². The Kier molecular flexibility index (Phi) is 10.6. The molecule has 13 heteroatoms. The lowest BCUT2D eigenvalue weighted by Gasteiger charge is -2.45. The number of rotatable bonds is 12. The van der Waals surface area contributed by atoms with Crippen LogP contribution in [0.2, 0.25) is 0 Å². The highest BCUT2D eigenvalue weighted by atomic mass is 32.2. The third-order valence-corrected chi connectivity index (χ3v) is 14.4. The van der Waals surface area contributed by atoms with Crippen molar-refractivity contribution >= 4 is 39.4 Å². The van der Waals surface area contributed by atoms with Crippen molar-refractivity contribution in [2.45, 2.75) is 134 Å². The van der Waals surface area contributed by atoms with E-state index in [0.29, 0.717) is 38.6 Å². The number of hydrogen-bond acceptors (Lipinski definition) is 7.